The van der Waals surface area contributed by atoms with E-state index in [1.807, 2.05) is 29.8 Å². The molecular weight excluding hydrogens is 280 g/mol. The average Bonchev–Trinajstić information content (AvgIpc) is 3.10. The molecule has 0 amide bonds. The van der Waals surface area contributed by atoms with Crippen LogP contribution in [0, 0.1) is 6.92 Å². The summed E-state index contributed by atoms with van der Waals surface area (Å²) < 4.78 is 0. The molecule has 3 aromatic heterocycles. The lowest BCUT2D eigenvalue weighted by atomic mass is 10.3. The predicted octanol–water partition coefficient (Wildman–Crippen LogP) is 2.95. The summed E-state index contributed by atoms with van der Waals surface area (Å²) in [5.74, 6) is 0. The molecule has 96 valence electrons. The van der Waals surface area contributed by atoms with Gasteiger partial charge < -0.3 is 5.10 Å². The summed E-state index contributed by atoms with van der Waals surface area (Å²) >= 11 is 3.10. The van der Waals surface area contributed by atoms with Crippen molar-refractivity contribution in [1.82, 2.24) is 15.2 Å². The minimum atomic E-state index is -0.170. The number of aromatic amines is 2. The van der Waals surface area contributed by atoms with Gasteiger partial charge in [-0.15, -0.1) is 22.7 Å². The number of nitrogens with one attached hydrogen (secondary N) is 2. The quantitative estimate of drug-likeness (QED) is 0.728. The molecule has 3 rings (SSSR count). The molecule has 19 heavy (non-hydrogen) atoms. The van der Waals surface area contributed by atoms with Gasteiger partial charge in [0.15, 0.2) is 0 Å². The Morgan fingerprint density at radius 1 is 1.37 bits per heavy atom. The third-order valence-electron chi connectivity index (χ3n) is 2.58. The van der Waals surface area contributed by atoms with Crippen molar-refractivity contribution in [3.8, 4) is 10.6 Å². The van der Waals surface area contributed by atoms with Crippen molar-refractivity contribution in [2.45, 2.75) is 6.92 Å². The van der Waals surface area contributed by atoms with E-state index in [0.29, 0.717) is 10.7 Å². The first kappa shape index (κ1) is 12.1. The van der Waals surface area contributed by atoms with Crippen LogP contribution < -0.4 is 5.56 Å². The van der Waals surface area contributed by atoms with E-state index >= 15 is 0 Å². The first-order valence-electron chi connectivity index (χ1n) is 5.55. The smallest absolute Gasteiger partial charge is 0.272 e. The van der Waals surface area contributed by atoms with E-state index in [-0.39, 0.29) is 5.56 Å². The lowest BCUT2D eigenvalue weighted by Crippen LogP contribution is -2.04. The molecule has 0 bridgehead atoms. The molecule has 0 fully saturated rings. The molecule has 3 aromatic rings. The van der Waals surface area contributed by atoms with E-state index in [2.05, 4.69) is 20.2 Å². The Labute approximate surface area is 116 Å². The molecule has 0 aromatic carbocycles. The van der Waals surface area contributed by atoms with Gasteiger partial charge in [-0.05, 0) is 18.4 Å². The molecule has 0 aliphatic rings. The minimum Gasteiger partial charge on any atom is -0.302 e. The molecule has 0 aliphatic heterocycles. The van der Waals surface area contributed by atoms with Crippen LogP contribution >= 0.6 is 22.7 Å². The number of aromatic nitrogens is 3. The van der Waals surface area contributed by atoms with Crippen LogP contribution in [0.3, 0.4) is 0 Å². The Bertz CT molecular complexity index is 764. The zero-order valence-corrected chi connectivity index (χ0v) is 11.6. The molecule has 3 heterocycles. The molecule has 5 nitrogen and oxygen atoms in total. The van der Waals surface area contributed by atoms with Crippen molar-refractivity contribution in [1.29, 1.82) is 0 Å². The predicted molar refractivity (Wildman–Crippen MR) is 78.8 cm³/mol. The second-order valence-electron chi connectivity index (χ2n) is 3.87. The molecule has 0 atom stereocenters. The number of hydrogen-bond acceptors (Lipinski definition) is 5. The van der Waals surface area contributed by atoms with Gasteiger partial charge in [-0.2, -0.15) is 0 Å². The van der Waals surface area contributed by atoms with E-state index in [1.165, 1.54) is 11.3 Å². The van der Waals surface area contributed by atoms with Gasteiger partial charge in [-0.3, -0.25) is 9.89 Å². The highest BCUT2D eigenvalue weighted by Crippen LogP contribution is 2.29. The molecule has 0 aliphatic carbocycles. The normalized spacial score (nSPS) is 11.4. The van der Waals surface area contributed by atoms with Gasteiger partial charge in [0, 0.05) is 17.3 Å². The maximum atomic E-state index is 11.5. The van der Waals surface area contributed by atoms with Gasteiger partial charge in [0.2, 0.25) is 5.13 Å². The van der Waals surface area contributed by atoms with Crippen LogP contribution in [0.5, 0.6) is 0 Å². The van der Waals surface area contributed by atoms with Crippen LogP contribution in [0.2, 0.25) is 0 Å². The molecule has 0 radical (unpaired) electrons. The Morgan fingerprint density at radius 2 is 2.26 bits per heavy atom. The van der Waals surface area contributed by atoms with Crippen molar-refractivity contribution < 1.29 is 0 Å². The van der Waals surface area contributed by atoms with Gasteiger partial charge in [-0.1, -0.05) is 6.07 Å². The van der Waals surface area contributed by atoms with E-state index < -0.39 is 0 Å². The Balaban J connectivity index is 1.87. The van der Waals surface area contributed by atoms with Crippen LogP contribution in [0.25, 0.3) is 10.6 Å². The number of nitrogens with zero attached hydrogens (tertiary/aromatic N) is 2. The van der Waals surface area contributed by atoms with Gasteiger partial charge in [0.05, 0.1) is 16.1 Å². The number of rotatable bonds is 3. The standard InChI is InChI=1S/C12H10N4OS2/c1-7-8(11(17)16-15-7)5-13-12-14-9(6-19-12)10-3-2-4-18-10/h2-6H,1H3,(H2,15,16,17)/b13-5+. The fraction of sp³-hybridized carbons (Fsp3) is 0.0833. The summed E-state index contributed by atoms with van der Waals surface area (Å²) in [6, 6.07) is 4.01. The topological polar surface area (TPSA) is 73.9 Å². The highest BCUT2D eigenvalue weighted by Gasteiger charge is 2.05. The number of H-pyrrole nitrogens is 2. The molecule has 0 saturated carbocycles. The molecule has 0 spiro atoms. The summed E-state index contributed by atoms with van der Waals surface area (Å²) in [6.45, 7) is 1.82. The molecular formula is C12H10N4OS2. The van der Waals surface area contributed by atoms with Crippen molar-refractivity contribution in [2.75, 3.05) is 0 Å². The summed E-state index contributed by atoms with van der Waals surface area (Å²) in [6.07, 6.45) is 1.54. The highest BCUT2D eigenvalue weighted by atomic mass is 32.1. The fourth-order valence-corrected chi connectivity index (χ4v) is 3.01. The van der Waals surface area contributed by atoms with Crippen LogP contribution in [0.1, 0.15) is 11.3 Å². The molecule has 0 saturated heterocycles. The van der Waals surface area contributed by atoms with E-state index in [4.69, 9.17) is 0 Å². The van der Waals surface area contributed by atoms with Crippen LogP contribution in [-0.2, 0) is 0 Å². The van der Waals surface area contributed by atoms with Crippen molar-refractivity contribution in [2.24, 2.45) is 4.99 Å². The monoisotopic (exact) mass is 290 g/mol. The SMILES string of the molecule is Cc1[nH][nH]c(=O)c1/C=N/c1nc(-c2cccs2)cs1. The van der Waals surface area contributed by atoms with E-state index in [9.17, 15) is 4.79 Å². The van der Waals surface area contributed by atoms with Crippen molar-refractivity contribution in [3.63, 3.8) is 0 Å². The number of thiophene rings is 1. The number of thiazole rings is 1. The van der Waals surface area contributed by atoms with Gasteiger partial charge in [0.1, 0.15) is 0 Å². The second kappa shape index (κ2) is 4.94. The van der Waals surface area contributed by atoms with E-state index in [0.717, 1.165) is 16.3 Å². The first-order valence-corrected chi connectivity index (χ1v) is 7.30. The first-order chi connectivity index (χ1) is 9.24. The van der Waals surface area contributed by atoms with Crippen molar-refractivity contribution >= 4 is 34.0 Å². The Kier molecular flexibility index (Phi) is 3.14. The highest BCUT2D eigenvalue weighted by molar-refractivity contribution is 7.15. The Hall–Kier alpha value is -1.99. The third kappa shape index (κ3) is 2.42. The maximum Gasteiger partial charge on any atom is 0.272 e. The zero-order valence-electron chi connectivity index (χ0n) is 10.0. The number of aliphatic imine (C=N–C) groups is 1. The van der Waals surface area contributed by atoms with E-state index in [1.54, 1.807) is 17.6 Å². The average molecular weight is 290 g/mol. The van der Waals surface area contributed by atoms with Crippen LogP contribution in [-0.4, -0.2) is 21.4 Å². The maximum absolute atomic E-state index is 11.5. The largest absolute Gasteiger partial charge is 0.302 e. The summed E-state index contributed by atoms with van der Waals surface area (Å²) in [5.41, 5.74) is 2.06. The zero-order chi connectivity index (χ0) is 13.2. The molecule has 0 unspecified atom stereocenters. The Morgan fingerprint density at radius 3 is 2.95 bits per heavy atom. The fourth-order valence-electron chi connectivity index (χ4n) is 1.59. The number of aryl methyl sites for hydroxylation is 1. The lowest BCUT2D eigenvalue weighted by Gasteiger charge is -1.87. The minimum absolute atomic E-state index is 0.170. The van der Waals surface area contributed by atoms with Crippen molar-refractivity contribution in [3.05, 3.63) is 44.5 Å². The molecule has 2 N–H and O–H groups in total. The lowest BCUT2D eigenvalue weighted by molar-refractivity contribution is 1.02. The summed E-state index contributed by atoms with van der Waals surface area (Å²) in [7, 11) is 0. The second-order valence-corrected chi connectivity index (χ2v) is 5.65. The van der Waals surface area contributed by atoms with Crippen LogP contribution in [0.4, 0.5) is 5.13 Å². The van der Waals surface area contributed by atoms with Gasteiger partial charge >= 0.3 is 0 Å². The molecule has 7 heteroatoms. The van der Waals surface area contributed by atoms with Crippen LogP contribution in [0.15, 0.2) is 32.7 Å². The summed E-state index contributed by atoms with van der Waals surface area (Å²) in [4.78, 5) is 21.2. The van der Waals surface area contributed by atoms with Gasteiger partial charge in [-0.25, -0.2) is 9.98 Å². The van der Waals surface area contributed by atoms with Gasteiger partial charge in [0.25, 0.3) is 5.56 Å². The third-order valence-corrected chi connectivity index (χ3v) is 4.22. The number of hydrogen-bond donors (Lipinski definition) is 2. The summed E-state index contributed by atoms with van der Waals surface area (Å²) in [5, 5.41) is 9.89.